The molecule has 12 heteroatoms. The molecule has 0 fully saturated rings. The van der Waals surface area contributed by atoms with Crippen molar-refractivity contribution in [2.45, 2.75) is 0 Å². The molecule has 27 rings (SSSR count). The van der Waals surface area contributed by atoms with E-state index in [1.165, 1.54) is 75.8 Å². The third-order valence-electron chi connectivity index (χ3n) is 26.6. The van der Waals surface area contributed by atoms with Crippen molar-refractivity contribution in [2.75, 3.05) is 0 Å². The normalized spacial score (nSPS) is 11.4. The van der Waals surface area contributed by atoms with Crippen LogP contribution in [0.5, 0.6) is 0 Å². The third-order valence-corrected chi connectivity index (χ3v) is 26.6. The lowest BCUT2D eigenvalue weighted by Crippen LogP contribution is -1.98. The van der Waals surface area contributed by atoms with Gasteiger partial charge in [0.25, 0.3) is 0 Å². The lowest BCUT2D eigenvalue weighted by Gasteiger charge is -2.16. The molecule has 141 heavy (non-hydrogen) atoms. The highest BCUT2D eigenvalue weighted by molar-refractivity contribution is 6.16. The van der Waals surface area contributed by atoms with E-state index in [0.717, 1.165) is 174 Å². The SMILES string of the molecule is c1ccc(-c2cc(-c3ccccc3)nc(-c3ccc(-n4c(-c5ccccc5)nc5cnccc54)cc3)c2)cc1.c1ccc(-c2nc3cnccc3n2-c2ccc(-c3cc(-c4cc5ccccc5c5ccccc45)cc(-c4cc5ccccc5c5ccccc45)n3)cc2)cc1.c1ccc(-c2nc3cnccc3n2-c2ccc(-c3cc(-c4ccc5ccccc5c4)cc(-c4ccc5ccccc5c4)n3)cc2)cc1. The molecule has 660 valence electrons. The molecule has 0 saturated carbocycles. The lowest BCUT2D eigenvalue weighted by atomic mass is 9.91. The second kappa shape index (κ2) is 36.6. The number of hydrogen-bond donors (Lipinski definition) is 0. The zero-order chi connectivity index (χ0) is 93.5. The molecule has 12 nitrogen and oxygen atoms in total. The highest BCUT2D eigenvalue weighted by Crippen LogP contribution is 2.44. The van der Waals surface area contributed by atoms with Crippen molar-refractivity contribution in [1.82, 2.24) is 58.6 Å². The Kier molecular flexibility index (Phi) is 21.7. The summed E-state index contributed by atoms with van der Waals surface area (Å²) in [6, 6.07) is 167. The van der Waals surface area contributed by atoms with Crippen LogP contribution in [0, 0.1) is 0 Å². The first-order valence-electron chi connectivity index (χ1n) is 47.3. The standard InChI is InChI=1S/C51H32N4.C43H28N4.C35H24N4/c1-2-12-34(13-3-1)51-54-49-32-52-27-26-50(49)55(51)38-24-22-33(23-25-38)47-30-37(45-28-35-14-4-6-16-39(35)41-18-8-10-20-43(41)45)31-48(53-47)46-29-36-15-5-7-17-40(36)42-19-9-11-21-44(42)46;1-2-10-32(11-3-1)43-46-41-28-44-23-22-42(41)47(43)38-20-18-31(19-21-38)39-26-37(35-16-14-29-8-4-6-12-33(29)24-35)27-40(45-39)36-17-15-30-9-5-7-13-34(30)25-36;1-4-10-25(11-5-1)29-22-31(26-12-6-2-7-13-26)37-32(23-29)27-16-18-30(19-17-27)39-34-20-21-36-24-33(34)38-35(39)28-14-8-3-9-15-28/h1-32H;1-28H;1-24H. The Hall–Kier alpha value is -19.2. The van der Waals surface area contributed by atoms with E-state index in [2.05, 4.69) is 417 Å². The summed E-state index contributed by atoms with van der Waals surface area (Å²) in [5.41, 5.74) is 30.9. The molecule has 0 radical (unpaired) electrons. The monoisotopic (exact) mass is 1800 g/mol. The number of aromatic nitrogens is 12. The highest BCUT2D eigenvalue weighted by atomic mass is 15.1. The van der Waals surface area contributed by atoms with Gasteiger partial charge in [-0.3, -0.25) is 28.7 Å². The van der Waals surface area contributed by atoms with E-state index in [-0.39, 0.29) is 0 Å². The Morgan fingerprint density at radius 3 is 0.837 bits per heavy atom. The first kappa shape index (κ1) is 83.6. The average Bonchev–Trinajstić information content (AvgIpc) is 1.28. The smallest absolute Gasteiger partial charge is 0.145 e. The van der Waals surface area contributed by atoms with Gasteiger partial charge in [-0.05, 0) is 213 Å². The molecule has 0 N–H and O–H groups in total. The van der Waals surface area contributed by atoms with Crippen molar-refractivity contribution in [1.29, 1.82) is 0 Å². The van der Waals surface area contributed by atoms with E-state index in [4.69, 9.17) is 29.9 Å². The average molecular weight is 1800 g/mol. The van der Waals surface area contributed by atoms with Crippen LogP contribution in [0.25, 0.3) is 250 Å². The van der Waals surface area contributed by atoms with Gasteiger partial charge in [-0.15, -0.1) is 0 Å². The van der Waals surface area contributed by atoms with E-state index in [1.54, 1.807) is 0 Å². The van der Waals surface area contributed by atoms with E-state index in [0.29, 0.717) is 0 Å². The van der Waals surface area contributed by atoms with E-state index < -0.39 is 0 Å². The molecule has 18 aromatic carbocycles. The first-order chi connectivity index (χ1) is 69.9. The van der Waals surface area contributed by atoms with Gasteiger partial charge in [0.05, 0.1) is 69.3 Å². The second-order valence-corrected chi connectivity index (χ2v) is 35.3. The number of benzene rings is 18. The highest BCUT2D eigenvalue weighted by Gasteiger charge is 2.23. The number of imidazole rings is 3. The van der Waals surface area contributed by atoms with Crippen molar-refractivity contribution in [3.05, 3.63) is 510 Å². The maximum absolute atomic E-state index is 5.48. The first-order valence-corrected chi connectivity index (χ1v) is 47.3. The molecule has 0 unspecified atom stereocenters. The largest absolute Gasteiger partial charge is 0.292 e. The summed E-state index contributed by atoms with van der Waals surface area (Å²) >= 11 is 0. The Morgan fingerprint density at radius 2 is 0.426 bits per heavy atom. The molecule has 0 bridgehead atoms. The Labute approximate surface area is 813 Å². The minimum atomic E-state index is 0.856. The topological polar surface area (TPSA) is 131 Å². The minimum Gasteiger partial charge on any atom is -0.292 e. The maximum Gasteiger partial charge on any atom is 0.145 e. The maximum atomic E-state index is 5.48. The summed E-state index contributed by atoms with van der Waals surface area (Å²) in [4.78, 5) is 43.7. The van der Waals surface area contributed by atoms with Gasteiger partial charge in [0.15, 0.2) is 0 Å². The summed E-state index contributed by atoms with van der Waals surface area (Å²) < 4.78 is 6.61. The quantitative estimate of drug-likeness (QED) is 0.0921. The van der Waals surface area contributed by atoms with Crippen molar-refractivity contribution in [3.63, 3.8) is 0 Å². The number of hydrogen-bond acceptors (Lipinski definition) is 9. The lowest BCUT2D eigenvalue weighted by molar-refractivity contribution is 1.10. The molecule has 0 spiro atoms. The van der Waals surface area contributed by atoms with Crippen LogP contribution in [-0.2, 0) is 0 Å². The van der Waals surface area contributed by atoms with Gasteiger partial charge in [0.1, 0.15) is 34.0 Å². The predicted molar refractivity (Wildman–Crippen MR) is 580 cm³/mol. The number of pyridine rings is 6. The van der Waals surface area contributed by atoms with Gasteiger partial charge >= 0.3 is 0 Å². The number of nitrogens with zero attached hydrogens (tertiary/aromatic N) is 12. The molecule has 0 saturated heterocycles. The summed E-state index contributed by atoms with van der Waals surface area (Å²) in [5, 5.41) is 14.7. The summed E-state index contributed by atoms with van der Waals surface area (Å²) in [7, 11) is 0. The van der Waals surface area contributed by atoms with E-state index in [1.807, 2.05) is 122 Å². The minimum absolute atomic E-state index is 0.856. The molecule has 9 heterocycles. The fourth-order valence-corrected chi connectivity index (χ4v) is 19.7. The van der Waals surface area contributed by atoms with Crippen LogP contribution in [-0.4, -0.2) is 58.6 Å². The Morgan fingerprint density at radius 1 is 0.149 bits per heavy atom. The zero-order valence-electron chi connectivity index (χ0n) is 76.4. The van der Waals surface area contributed by atoms with E-state index in [9.17, 15) is 0 Å². The van der Waals surface area contributed by atoms with Crippen LogP contribution in [0.1, 0.15) is 0 Å². The van der Waals surface area contributed by atoms with Crippen molar-refractivity contribution in [3.8, 4) is 152 Å². The van der Waals surface area contributed by atoms with Gasteiger partial charge in [0, 0.05) is 85.7 Å². The van der Waals surface area contributed by atoms with Crippen LogP contribution >= 0.6 is 0 Å². The number of rotatable bonds is 15. The predicted octanol–water partition coefficient (Wildman–Crippen LogP) is 32.4. The summed E-state index contributed by atoms with van der Waals surface area (Å²) in [6.45, 7) is 0. The zero-order valence-corrected chi connectivity index (χ0v) is 76.4. The Balaban J connectivity index is 0.000000113. The molecule has 0 amide bonds. The molecular weight excluding hydrogens is 1720 g/mol. The second-order valence-electron chi connectivity index (χ2n) is 35.3. The van der Waals surface area contributed by atoms with Gasteiger partial charge in [-0.2, -0.15) is 0 Å². The molecule has 0 aliphatic heterocycles. The third kappa shape index (κ3) is 16.3. The molecule has 27 aromatic rings. The van der Waals surface area contributed by atoms with Crippen LogP contribution in [0.2, 0.25) is 0 Å². The van der Waals surface area contributed by atoms with Crippen LogP contribution in [0.15, 0.2) is 510 Å². The Bertz CT molecular complexity index is 9100. The summed E-state index contributed by atoms with van der Waals surface area (Å²) in [5.74, 6) is 2.66. The molecule has 0 aliphatic carbocycles. The molecular formula is C129H84N12. The fourth-order valence-electron chi connectivity index (χ4n) is 19.7. The van der Waals surface area contributed by atoms with E-state index >= 15 is 0 Å². The van der Waals surface area contributed by atoms with Gasteiger partial charge in [0.2, 0.25) is 0 Å². The molecule has 0 atom stereocenters. The summed E-state index contributed by atoms with van der Waals surface area (Å²) in [6.07, 6.45) is 10.9. The van der Waals surface area contributed by atoms with Crippen LogP contribution < -0.4 is 0 Å². The van der Waals surface area contributed by atoms with Gasteiger partial charge in [-0.25, -0.2) is 29.9 Å². The van der Waals surface area contributed by atoms with Crippen molar-refractivity contribution >= 4 is 97.7 Å². The fraction of sp³-hybridized carbons (Fsp3) is 0. The molecule has 0 aliphatic rings. The van der Waals surface area contributed by atoms with Crippen molar-refractivity contribution in [2.24, 2.45) is 0 Å². The van der Waals surface area contributed by atoms with Crippen LogP contribution in [0.3, 0.4) is 0 Å². The molecule has 9 aromatic heterocycles. The van der Waals surface area contributed by atoms with Gasteiger partial charge in [-0.1, -0.05) is 358 Å². The van der Waals surface area contributed by atoms with Crippen LogP contribution in [0.4, 0.5) is 0 Å². The van der Waals surface area contributed by atoms with Crippen molar-refractivity contribution < 1.29 is 0 Å². The van der Waals surface area contributed by atoms with Gasteiger partial charge < -0.3 is 0 Å². The number of fused-ring (bicyclic) bond motifs is 11.